The van der Waals surface area contributed by atoms with E-state index in [1.165, 1.54) is 56.2 Å². The predicted octanol–water partition coefficient (Wildman–Crippen LogP) is 6.53. The summed E-state index contributed by atoms with van der Waals surface area (Å²) in [6.45, 7) is 2.23. The molecule has 2 heteroatoms. The highest BCUT2D eigenvalue weighted by Crippen LogP contribution is 2.22. The molecule has 0 aliphatic carbocycles. The largest absolute Gasteiger partial charge is 0.207 e. The van der Waals surface area contributed by atoms with Crippen molar-refractivity contribution in [2.45, 2.75) is 51.9 Å². The highest BCUT2D eigenvalue weighted by molar-refractivity contribution is 5.63. The zero-order chi connectivity index (χ0) is 15.8. The van der Waals surface area contributed by atoms with Gasteiger partial charge in [0.1, 0.15) is 11.6 Å². The summed E-state index contributed by atoms with van der Waals surface area (Å²) in [5, 5.41) is 0. The molecule has 0 spiro atoms. The van der Waals surface area contributed by atoms with Gasteiger partial charge in [-0.15, -0.1) is 0 Å². The third-order valence-electron chi connectivity index (χ3n) is 3.97. The van der Waals surface area contributed by atoms with Crippen LogP contribution >= 0.6 is 0 Å². The summed E-state index contributed by atoms with van der Waals surface area (Å²) in [6, 6.07) is 11.6. The molecular weight excluding hydrogens is 278 g/mol. The molecule has 2 rings (SSSR count). The monoisotopic (exact) mass is 302 g/mol. The molecule has 0 saturated carbocycles. The summed E-state index contributed by atoms with van der Waals surface area (Å²) in [6.07, 6.45) is 8.81. The minimum atomic E-state index is -0.536. The zero-order valence-electron chi connectivity index (χ0n) is 13.2. The van der Waals surface area contributed by atoms with E-state index < -0.39 is 11.6 Å². The van der Waals surface area contributed by atoms with Gasteiger partial charge in [-0.1, -0.05) is 63.3 Å². The van der Waals surface area contributed by atoms with Crippen molar-refractivity contribution in [2.24, 2.45) is 0 Å². The van der Waals surface area contributed by atoms with Gasteiger partial charge in [0.25, 0.3) is 0 Å². The van der Waals surface area contributed by atoms with Gasteiger partial charge in [-0.3, -0.25) is 0 Å². The van der Waals surface area contributed by atoms with E-state index in [1.807, 2.05) is 12.1 Å². The molecule has 0 bridgehead atoms. The predicted molar refractivity (Wildman–Crippen MR) is 88.9 cm³/mol. The standard InChI is InChI=1S/C20H24F2/c1-2-3-4-5-6-7-8-16-9-11-17(12-10-16)18-13-19(21)15-20(22)14-18/h9-15H,2-8H2,1H3. The molecule has 0 heterocycles. The van der Waals surface area contributed by atoms with Crippen molar-refractivity contribution in [3.8, 4) is 11.1 Å². The second kappa shape index (κ2) is 8.67. The van der Waals surface area contributed by atoms with E-state index in [-0.39, 0.29) is 0 Å². The van der Waals surface area contributed by atoms with Crippen LogP contribution in [0, 0.1) is 11.6 Å². The Morgan fingerprint density at radius 1 is 0.682 bits per heavy atom. The summed E-state index contributed by atoms with van der Waals surface area (Å²) >= 11 is 0. The summed E-state index contributed by atoms with van der Waals surface area (Å²) < 4.78 is 26.5. The van der Waals surface area contributed by atoms with Gasteiger partial charge in [0, 0.05) is 6.07 Å². The van der Waals surface area contributed by atoms with Crippen molar-refractivity contribution in [1.29, 1.82) is 0 Å². The highest BCUT2D eigenvalue weighted by atomic mass is 19.1. The number of benzene rings is 2. The topological polar surface area (TPSA) is 0 Å². The Bertz CT molecular complexity index is 553. The molecule has 0 aliphatic heterocycles. The average molecular weight is 302 g/mol. The van der Waals surface area contributed by atoms with E-state index in [9.17, 15) is 8.78 Å². The Kier molecular flexibility index (Phi) is 6.57. The van der Waals surface area contributed by atoms with Crippen LogP contribution in [0.15, 0.2) is 42.5 Å². The summed E-state index contributed by atoms with van der Waals surface area (Å²) in [5.74, 6) is -1.07. The first-order valence-corrected chi connectivity index (χ1v) is 8.24. The van der Waals surface area contributed by atoms with E-state index in [0.29, 0.717) is 5.56 Å². The molecule has 0 unspecified atom stereocenters. The van der Waals surface area contributed by atoms with E-state index in [0.717, 1.165) is 18.1 Å². The smallest absolute Gasteiger partial charge is 0.126 e. The first-order chi connectivity index (χ1) is 10.7. The summed E-state index contributed by atoms with van der Waals surface area (Å²) in [7, 11) is 0. The maximum absolute atomic E-state index is 13.2. The molecule has 2 aromatic carbocycles. The van der Waals surface area contributed by atoms with Crippen LogP contribution in [0.25, 0.3) is 11.1 Å². The second-order valence-electron chi connectivity index (χ2n) is 5.87. The fraction of sp³-hybridized carbons (Fsp3) is 0.400. The van der Waals surface area contributed by atoms with Crippen LogP contribution in [0.2, 0.25) is 0 Å². The van der Waals surface area contributed by atoms with Gasteiger partial charge in [0.05, 0.1) is 0 Å². The third kappa shape index (κ3) is 5.25. The van der Waals surface area contributed by atoms with Gasteiger partial charge in [-0.2, -0.15) is 0 Å². The minimum absolute atomic E-state index is 0.536. The second-order valence-corrected chi connectivity index (χ2v) is 5.87. The van der Waals surface area contributed by atoms with Crippen LogP contribution in [0.1, 0.15) is 51.0 Å². The molecule has 0 atom stereocenters. The first-order valence-electron chi connectivity index (χ1n) is 8.24. The van der Waals surface area contributed by atoms with Gasteiger partial charge in [0.2, 0.25) is 0 Å². The van der Waals surface area contributed by atoms with Crippen molar-refractivity contribution >= 4 is 0 Å². The number of rotatable bonds is 8. The molecule has 118 valence electrons. The maximum atomic E-state index is 13.2. The molecule has 0 nitrogen and oxygen atoms in total. The maximum Gasteiger partial charge on any atom is 0.126 e. The fourth-order valence-corrected chi connectivity index (χ4v) is 2.69. The van der Waals surface area contributed by atoms with Crippen molar-refractivity contribution < 1.29 is 8.78 Å². The lowest BCUT2D eigenvalue weighted by atomic mass is 10.0. The van der Waals surface area contributed by atoms with Gasteiger partial charge < -0.3 is 0 Å². The molecule has 22 heavy (non-hydrogen) atoms. The number of halogens is 2. The molecule has 0 radical (unpaired) electrons. The van der Waals surface area contributed by atoms with Gasteiger partial charge >= 0.3 is 0 Å². The molecule has 0 amide bonds. The van der Waals surface area contributed by atoms with Crippen LogP contribution in [-0.2, 0) is 6.42 Å². The van der Waals surface area contributed by atoms with Crippen LogP contribution in [0.5, 0.6) is 0 Å². The van der Waals surface area contributed by atoms with Crippen LogP contribution in [0.4, 0.5) is 8.78 Å². The van der Waals surface area contributed by atoms with Crippen molar-refractivity contribution in [3.63, 3.8) is 0 Å². The Hall–Kier alpha value is -1.70. The van der Waals surface area contributed by atoms with Gasteiger partial charge in [-0.05, 0) is 41.7 Å². The zero-order valence-corrected chi connectivity index (χ0v) is 13.2. The normalized spacial score (nSPS) is 10.9. The Morgan fingerprint density at radius 3 is 1.91 bits per heavy atom. The Morgan fingerprint density at radius 2 is 1.27 bits per heavy atom. The van der Waals surface area contributed by atoms with E-state index in [1.54, 1.807) is 0 Å². The molecule has 0 fully saturated rings. The lowest BCUT2D eigenvalue weighted by molar-refractivity contribution is 0.584. The molecule has 2 aromatic rings. The van der Waals surface area contributed by atoms with E-state index in [2.05, 4.69) is 19.1 Å². The fourth-order valence-electron chi connectivity index (χ4n) is 2.69. The summed E-state index contributed by atoms with van der Waals surface area (Å²) in [5.41, 5.74) is 2.73. The van der Waals surface area contributed by atoms with E-state index >= 15 is 0 Å². The van der Waals surface area contributed by atoms with Crippen molar-refractivity contribution in [3.05, 3.63) is 59.7 Å². The molecule has 0 saturated heterocycles. The quantitative estimate of drug-likeness (QED) is 0.486. The number of hydrogen-bond donors (Lipinski definition) is 0. The highest BCUT2D eigenvalue weighted by Gasteiger charge is 2.03. The van der Waals surface area contributed by atoms with Gasteiger partial charge in [-0.25, -0.2) is 8.78 Å². The van der Waals surface area contributed by atoms with Crippen molar-refractivity contribution in [2.75, 3.05) is 0 Å². The lowest BCUT2D eigenvalue weighted by Crippen LogP contribution is -1.88. The number of unbranched alkanes of at least 4 members (excludes halogenated alkanes) is 5. The Labute approximate surface area is 132 Å². The molecule has 0 aliphatic rings. The van der Waals surface area contributed by atoms with Crippen molar-refractivity contribution in [1.82, 2.24) is 0 Å². The van der Waals surface area contributed by atoms with E-state index in [4.69, 9.17) is 0 Å². The SMILES string of the molecule is CCCCCCCCc1ccc(-c2cc(F)cc(F)c2)cc1. The molecule has 0 aromatic heterocycles. The van der Waals surface area contributed by atoms with Crippen LogP contribution in [-0.4, -0.2) is 0 Å². The minimum Gasteiger partial charge on any atom is -0.207 e. The first kappa shape index (κ1) is 16.7. The number of aryl methyl sites for hydroxylation is 1. The summed E-state index contributed by atoms with van der Waals surface area (Å²) in [4.78, 5) is 0. The Balaban J connectivity index is 1.87. The lowest BCUT2D eigenvalue weighted by Gasteiger charge is -2.06. The third-order valence-corrected chi connectivity index (χ3v) is 3.97. The van der Waals surface area contributed by atoms with Crippen LogP contribution in [0.3, 0.4) is 0 Å². The molecular formula is C20H24F2. The average Bonchev–Trinajstić information content (AvgIpc) is 2.50. The molecule has 0 N–H and O–H groups in total. The van der Waals surface area contributed by atoms with Gasteiger partial charge in [0.15, 0.2) is 0 Å². The van der Waals surface area contributed by atoms with Crippen LogP contribution < -0.4 is 0 Å². The number of hydrogen-bond acceptors (Lipinski definition) is 0.